The maximum Gasteiger partial charge on any atom is 0.268 e. The fourth-order valence-corrected chi connectivity index (χ4v) is 1.42. The second-order valence-corrected chi connectivity index (χ2v) is 2.89. The Hall–Kier alpha value is -1.20. The average Bonchev–Trinajstić information content (AvgIpc) is 2.48. The Balaban J connectivity index is 2.07. The van der Waals surface area contributed by atoms with Crippen LogP contribution < -0.4 is 0 Å². The fourth-order valence-electron chi connectivity index (χ4n) is 1.42. The van der Waals surface area contributed by atoms with Crippen LogP contribution >= 0.6 is 0 Å². The topological polar surface area (TPSA) is 49.9 Å². The molecule has 2 aliphatic heterocycles. The number of nitrogens with zero attached hydrogens (tertiary/aromatic N) is 2. The van der Waals surface area contributed by atoms with Crippen molar-refractivity contribution in [2.24, 2.45) is 0 Å². The van der Waals surface area contributed by atoms with Crippen LogP contribution in [0.5, 0.6) is 0 Å². The van der Waals surface area contributed by atoms with E-state index >= 15 is 0 Å². The number of carbonyl (C=O) groups excluding carboxylic acids is 2. The summed E-state index contributed by atoms with van der Waals surface area (Å²) in [6.07, 6.45) is 2.58. The molecule has 0 aliphatic carbocycles. The van der Waals surface area contributed by atoms with Gasteiger partial charge in [-0.2, -0.15) is 0 Å². The Labute approximate surface area is 75.5 Å². The van der Waals surface area contributed by atoms with E-state index < -0.39 is 0 Å². The third-order valence-electron chi connectivity index (χ3n) is 2.06. The molecule has 2 rings (SSSR count). The van der Waals surface area contributed by atoms with Crippen molar-refractivity contribution in [1.82, 2.24) is 10.0 Å². The Bertz CT molecular complexity index is 251. The van der Waals surface area contributed by atoms with Gasteiger partial charge in [0.2, 0.25) is 0 Å². The molecule has 13 heavy (non-hydrogen) atoms. The summed E-state index contributed by atoms with van der Waals surface area (Å²) < 4.78 is 5.12. The minimum absolute atomic E-state index is 0.257. The molecule has 5 nitrogen and oxygen atoms in total. The second kappa shape index (κ2) is 3.27. The molecule has 0 bridgehead atoms. The van der Waals surface area contributed by atoms with Gasteiger partial charge in [0.25, 0.3) is 11.8 Å². The Kier molecular flexibility index (Phi) is 2.12. The molecule has 0 aromatic carbocycles. The van der Waals surface area contributed by atoms with Gasteiger partial charge in [0.1, 0.15) is 0 Å². The zero-order chi connectivity index (χ0) is 9.26. The summed E-state index contributed by atoms with van der Waals surface area (Å²) in [6.45, 7) is 2.33. The van der Waals surface area contributed by atoms with E-state index in [0.717, 1.165) is 0 Å². The molecular formula is C8H10N2O3. The number of carbonyl (C=O) groups is 2. The lowest BCUT2D eigenvalue weighted by Crippen LogP contribution is -2.51. The van der Waals surface area contributed by atoms with Crippen molar-refractivity contribution >= 4 is 11.8 Å². The summed E-state index contributed by atoms with van der Waals surface area (Å²) in [5.41, 5.74) is 0. The van der Waals surface area contributed by atoms with Crippen LogP contribution in [0.3, 0.4) is 0 Å². The van der Waals surface area contributed by atoms with Gasteiger partial charge in [-0.25, -0.2) is 10.0 Å². The highest BCUT2D eigenvalue weighted by Gasteiger charge is 2.30. The molecule has 1 fully saturated rings. The smallest absolute Gasteiger partial charge is 0.268 e. The zero-order valence-corrected chi connectivity index (χ0v) is 7.10. The molecule has 0 atom stereocenters. The van der Waals surface area contributed by atoms with Crippen LogP contribution in [0.1, 0.15) is 0 Å². The number of rotatable bonds is 1. The van der Waals surface area contributed by atoms with E-state index in [1.54, 1.807) is 5.01 Å². The van der Waals surface area contributed by atoms with Gasteiger partial charge in [-0.3, -0.25) is 9.59 Å². The lowest BCUT2D eigenvalue weighted by Gasteiger charge is -2.32. The summed E-state index contributed by atoms with van der Waals surface area (Å²) in [5.74, 6) is -0.515. The minimum atomic E-state index is -0.257. The number of morpholine rings is 1. The third-order valence-corrected chi connectivity index (χ3v) is 2.06. The normalized spacial score (nSPS) is 24.5. The lowest BCUT2D eigenvalue weighted by atomic mass is 10.5. The van der Waals surface area contributed by atoms with Crippen LogP contribution in [0.4, 0.5) is 0 Å². The average molecular weight is 182 g/mol. The molecule has 2 aliphatic rings. The first kappa shape index (κ1) is 8.40. The fraction of sp³-hybridized carbons (Fsp3) is 0.500. The zero-order valence-electron chi connectivity index (χ0n) is 7.10. The quantitative estimate of drug-likeness (QED) is 0.496. The van der Waals surface area contributed by atoms with Crippen LogP contribution in [0.25, 0.3) is 0 Å². The van der Waals surface area contributed by atoms with Crippen molar-refractivity contribution in [2.75, 3.05) is 26.3 Å². The Morgan fingerprint density at radius 2 is 1.62 bits per heavy atom. The molecule has 2 heterocycles. The van der Waals surface area contributed by atoms with Gasteiger partial charge < -0.3 is 4.74 Å². The van der Waals surface area contributed by atoms with E-state index in [-0.39, 0.29) is 11.8 Å². The van der Waals surface area contributed by atoms with Crippen molar-refractivity contribution in [2.45, 2.75) is 0 Å². The predicted molar refractivity (Wildman–Crippen MR) is 43.4 cm³/mol. The highest BCUT2D eigenvalue weighted by molar-refractivity contribution is 6.12. The van der Waals surface area contributed by atoms with Gasteiger partial charge in [-0.1, -0.05) is 0 Å². The minimum Gasteiger partial charge on any atom is -0.379 e. The molecule has 70 valence electrons. The highest BCUT2D eigenvalue weighted by Crippen LogP contribution is 2.09. The van der Waals surface area contributed by atoms with Crippen molar-refractivity contribution < 1.29 is 14.3 Å². The molecule has 2 amide bonds. The van der Waals surface area contributed by atoms with E-state index in [1.807, 2.05) is 0 Å². The molecule has 0 unspecified atom stereocenters. The van der Waals surface area contributed by atoms with Crippen molar-refractivity contribution in [3.05, 3.63) is 12.2 Å². The number of ether oxygens (including phenoxy) is 1. The SMILES string of the molecule is O=C1C=CC(=O)N1N1CCOCC1. The van der Waals surface area contributed by atoms with Crippen LogP contribution in [-0.2, 0) is 14.3 Å². The van der Waals surface area contributed by atoms with Crippen LogP contribution in [0.15, 0.2) is 12.2 Å². The number of hydrogen-bond acceptors (Lipinski definition) is 4. The van der Waals surface area contributed by atoms with Gasteiger partial charge in [-0.15, -0.1) is 0 Å². The summed E-state index contributed by atoms with van der Waals surface area (Å²) in [5, 5.41) is 2.89. The van der Waals surface area contributed by atoms with Crippen LogP contribution in [-0.4, -0.2) is 48.1 Å². The van der Waals surface area contributed by atoms with Gasteiger partial charge in [0.05, 0.1) is 13.2 Å². The molecule has 0 saturated carbocycles. The Morgan fingerprint density at radius 3 is 2.15 bits per heavy atom. The second-order valence-electron chi connectivity index (χ2n) is 2.89. The van der Waals surface area contributed by atoms with Crippen LogP contribution in [0, 0.1) is 0 Å². The highest BCUT2D eigenvalue weighted by atomic mass is 16.5. The lowest BCUT2D eigenvalue weighted by molar-refractivity contribution is -0.161. The maximum absolute atomic E-state index is 11.2. The molecule has 0 aromatic rings. The van der Waals surface area contributed by atoms with Crippen molar-refractivity contribution in [1.29, 1.82) is 0 Å². The van der Waals surface area contributed by atoms with Crippen molar-refractivity contribution in [3.63, 3.8) is 0 Å². The van der Waals surface area contributed by atoms with E-state index in [2.05, 4.69) is 0 Å². The number of hydrazine groups is 1. The molecular weight excluding hydrogens is 172 g/mol. The van der Waals surface area contributed by atoms with E-state index in [4.69, 9.17) is 4.74 Å². The number of imide groups is 1. The molecule has 0 N–H and O–H groups in total. The van der Waals surface area contributed by atoms with E-state index in [0.29, 0.717) is 26.3 Å². The Morgan fingerprint density at radius 1 is 1.08 bits per heavy atom. The first-order valence-corrected chi connectivity index (χ1v) is 4.18. The largest absolute Gasteiger partial charge is 0.379 e. The summed E-state index contributed by atoms with van der Waals surface area (Å²) in [4.78, 5) is 22.4. The maximum atomic E-state index is 11.2. The molecule has 0 radical (unpaired) electrons. The number of amides is 2. The van der Waals surface area contributed by atoms with Gasteiger partial charge in [-0.05, 0) is 0 Å². The number of hydrogen-bond donors (Lipinski definition) is 0. The first-order chi connectivity index (χ1) is 6.29. The third kappa shape index (κ3) is 1.48. The monoisotopic (exact) mass is 182 g/mol. The molecule has 5 heteroatoms. The first-order valence-electron chi connectivity index (χ1n) is 4.18. The van der Waals surface area contributed by atoms with Crippen molar-refractivity contribution in [3.8, 4) is 0 Å². The van der Waals surface area contributed by atoms with E-state index in [9.17, 15) is 9.59 Å². The predicted octanol–water partition coefficient (Wildman–Crippen LogP) is -0.841. The van der Waals surface area contributed by atoms with Gasteiger partial charge >= 0.3 is 0 Å². The molecule has 0 aromatic heterocycles. The summed E-state index contributed by atoms with van der Waals surface area (Å²) >= 11 is 0. The van der Waals surface area contributed by atoms with Crippen LogP contribution in [0.2, 0.25) is 0 Å². The molecule has 1 saturated heterocycles. The van der Waals surface area contributed by atoms with Gasteiger partial charge in [0.15, 0.2) is 0 Å². The summed E-state index contributed by atoms with van der Waals surface area (Å²) in [7, 11) is 0. The standard InChI is InChI=1S/C8H10N2O3/c11-7-1-2-8(12)10(7)9-3-5-13-6-4-9/h1-2H,3-6H2. The summed E-state index contributed by atoms with van der Waals surface area (Å²) in [6, 6.07) is 0. The van der Waals surface area contributed by atoms with Gasteiger partial charge in [0, 0.05) is 25.2 Å². The molecule has 0 spiro atoms. The van der Waals surface area contributed by atoms with E-state index in [1.165, 1.54) is 17.2 Å².